The zero-order valence-electron chi connectivity index (χ0n) is 22.4. The topological polar surface area (TPSA) is 77.0 Å². The highest BCUT2D eigenvalue weighted by Crippen LogP contribution is 2.39. The first kappa shape index (κ1) is 29.4. The number of methoxy groups -OCH3 is 1. The number of anilines is 1. The fourth-order valence-corrected chi connectivity index (χ4v) is 4.83. The summed E-state index contributed by atoms with van der Waals surface area (Å²) in [5.41, 5.74) is -2.70. The monoisotopic (exact) mass is 596 g/mol. The van der Waals surface area contributed by atoms with Gasteiger partial charge in [-0.15, -0.1) is 0 Å². The molecular formula is C28H26F6N4O4. The van der Waals surface area contributed by atoms with Gasteiger partial charge in [0.2, 0.25) is 11.8 Å². The molecule has 2 aliphatic heterocycles. The van der Waals surface area contributed by atoms with E-state index in [4.69, 9.17) is 19.2 Å². The molecule has 0 N–H and O–H groups in total. The molecule has 3 aromatic rings. The van der Waals surface area contributed by atoms with E-state index in [1.54, 1.807) is 24.3 Å². The lowest BCUT2D eigenvalue weighted by Crippen LogP contribution is -2.38. The first-order chi connectivity index (χ1) is 20.0. The molecular weight excluding hydrogens is 570 g/mol. The smallest absolute Gasteiger partial charge is 0.416 e. The second-order valence-corrected chi connectivity index (χ2v) is 9.69. The Morgan fingerprint density at radius 2 is 1.57 bits per heavy atom. The number of ether oxygens (including phenoxy) is 3. The van der Waals surface area contributed by atoms with Crippen molar-refractivity contribution in [3.8, 4) is 22.9 Å². The van der Waals surface area contributed by atoms with Crippen molar-refractivity contribution in [2.45, 2.75) is 25.3 Å². The van der Waals surface area contributed by atoms with Crippen molar-refractivity contribution < 1.29 is 45.3 Å². The Kier molecular flexibility index (Phi) is 8.17. The van der Waals surface area contributed by atoms with Gasteiger partial charge >= 0.3 is 12.4 Å². The Hall–Kier alpha value is -4.07. The second kappa shape index (κ2) is 11.7. The van der Waals surface area contributed by atoms with Gasteiger partial charge in [0, 0.05) is 31.7 Å². The number of hydrogen-bond acceptors (Lipinski definition) is 7. The predicted octanol–water partition coefficient (Wildman–Crippen LogP) is 5.45. The zero-order valence-corrected chi connectivity index (χ0v) is 22.4. The summed E-state index contributed by atoms with van der Waals surface area (Å²) in [6, 6.07) is 8.11. The van der Waals surface area contributed by atoms with Gasteiger partial charge in [0.05, 0.1) is 43.8 Å². The molecule has 14 heteroatoms. The molecule has 5 rings (SSSR count). The van der Waals surface area contributed by atoms with Crippen molar-refractivity contribution in [3.05, 3.63) is 64.7 Å². The summed E-state index contributed by atoms with van der Waals surface area (Å²) in [6.07, 6.45) is -9.77. The predicted molar refractivity (Wildman–Crippen MR) is 138 cm³/mol. The second-order valence-electron chi connectivity index (χ2n) is 9.69. The summed E-state index contributed by atoms with van der Waals surface area (Å²) in [7, 11) is 1.45. The van der Waals surface area contributed by atoms with Gasteiger partial charge in [0.25, 0.3) is 5.91 Å². The van der Waals surface area contributed by atoms with Gasteiger partial charge in [-0.1, -0.05) is 12.1 Å². The Balaban J connectivity index is 1.62. The first-order valence-corrected chi connectivity index (χ1v) is 13.0. The van der Waals surface area contributed by atoms with Crippen molar-refractivity contribution in [1.29, 1.82) is 0 Å². The number of fused-ring (bicyclic) bond motifs is 1. The number of alkyl halides is 6. The van der Waals surface area contributed by atoms with Crippen LogP contribution in [0.1, 0.15) is 33.5 Å². The van der Waals surface area contributed by atoms with E-state index in [1.807, 2.05) is 4.90 Å². The average molecular weight is 597 g/mol. The van der Waals surface area contributed by atoms with Crippen molar-refractivity contribution in [2.24, 2.45) is 0 Å². The van der Waals surface area contributed by atoms with Crippen molar-refractivity contribution in [3.63, 3.8) is 0 Å². The van der Waals surface area contributed by atoms with E-state index >= 15 is 0 Å². The maximum Gasteiger partial charge on any atom is 0.416 e. The molecule has 8 nitrogen and oxygen atoms in total. The lowest BCUT2D eigenvalue weighted by Gasteiger charge is -2.30. The summed E-state index contributed by atoms with van der Waals surface area (Å²) in [5.74, 6) is -0.0711. The van der Waals surface area contributed by atoms with Gasteiger partial charge in [-0.05, 0) is 42.3 Å². The number of hydrogen-bond donors (Lipinski definition) is 0. The number of amides is 1. The number of halogens is 6. The van der Waals surface area contributed by atoms with E-state index in [2.05, 4.69) is 4.98 Å². The largest absolute Gasteiger partial charge is 0.496 e. The normalized spacial score (nSPS) is 16.4. The van der Waals surface area contributed by atoms with Crippen molar-refractivity contribution in [2.75, 3.05) is 51.5 Å². The van der Waals surface area contributed by atoms with Gasteiger partial charge in [-0.3, -0.25) is 4.79 Å². The van der Waals surface area contributed by atoms with E-state index < -0.39 is 35.9 Å². The van der Waals surface area contributed by atoms with Gasteiger partial charge in [0.15, 0.2) is 0 Å². The Morgan fingerprint density at radius 1 is 0.905 bits per heavy atom. The van der Waals surface area contributed by atoms with Crippen LogP contribution in [0.25, 0.3) is 11.3 Å². The molecule has 2 aromatic carbocycles. The number of rotatable bonds is 5. The van der Waals surface area contributed by atoms with Crippen LogP contribution < -0.4 is 14.4 Å². The molecule has 0 bridgehead atoms. The van der Waals surface area contributed by atoms with Crippen LogP contribution in [0, 0.1) is 0 Å². The SMILES string of the molecule is COc1ccccc1-c1nc(N2CCOCC2)nc2c1C(=O)N(Cc1cc(C(F)(F)F)cc(C(F)(F)F)c1)CCCO2. The highest BCUT2D eigenvalue weighted by atomic mass is 19.4. The molecule has 0 saturated carbocycles. The highest BCUT2D eigenvalue weighted by Gasteiger charge is 2.38. The highest BCUT2D eigenvalue weighted by molar-refractivity contribution is 6.03. The van der Waals surface area contributed by atoms with Gasteiger partial charge in [-0.25, -0.2) is 4.98 Å². The maximum atomic E-state index is 14.1. The first-order valence-electron chi connectivity index (χ1n) is 13.0. The number of carbonyl (C=O) groups is 1. The molecule has 42 heavy (non-hydrogen) atoms. The molecule has 2 aliphatic rings. The summed E-state index contributed by atoms with van der Waals surface area (Å²) < 4.78 is 97.9. The lowest BCUT2D eigenvalue weighted by atomic mass is 10.0. The standard InChI is InChI=1S/C28H26F6N4O4/c1-40-21-6-3-2-5-20(21)23-22-24(36-26(35-23)37-8-11-41-12-9-37)42-10-4-7-38(25(22)39)16-17-13-18(27(29,30)31)15-19(14-17)28(32,33)34/h2-3,5-6,13-15H,4,7-12,16H2,1H3. The minimum Gasteiger partial charge on any atom is -0.496 e. The summed E-state index contributed by atoms with van der Waals surface area (Å²) in [6.45, 7) is 1.44. The molecule has 0 radical (unpaired) electrons. The van der Waals surface area contributed by atoms with E-state index in [1.165, 1.54) is 12.0 Å². The minimum atomic E-state index is -5.02. The number of carbonyl (C=O) groups excluding carboxylic acids is 1. The van der Waals surface area contributed by atoms with Crippen molar-refractivity contribution in [1.82, 2.24) is 14.9 Å². The number of nitrogens with zero attached hydrogens (tertiary/aromatic N) is 4. The Bertz CT molecular complexity index is 1430. The third kappa shape index (κ3) is 6.22. The summed E-state index contributed by atoms with van der Waals surface area (Å²) in [5, 5.41) is 0. The van der Waals surface area contributed by atoms with Crippen LogP contribution in [0.3, 0.4) is 0 Å². The third-order valence-electron chi connectivity index (χ3n) is 6.85. The molecule has 1 aromatic heterocycles. The van der Waals surface area contributed by atoms with Gasteiger partial charge in [-0.2, -0.15) is 31.3 Å². The van der Waals surface area contributed by atoms with Crippen LogP contribution in [0.15, 0.2) is 42.5 Å². The Labute approximate surface area is 236 Å². The maximum absolute atomic E-state index is 14.1. The Morgan fingerprint density at radius 3 is 2.21 bits per heavy atom. The molecule has 0 spiro atoms. The molecule has 1 saturated heterocycles. The van der Waals surface area contributed by atoms with Crippen LogP contribution in [0.4, 0.5) is 32.3 Å². The summed E-state index contributed by atoms with van der Waals surface area (Å²) in [4.78, 5) is 26.4. The summed E-state index contributed by atoms with van der Waals surface area (Å²) >= 11 is 0. The van der Waals surface area contributed by atoms with Gasteiger partial charge < -0.3 is 24.0 Å². The fourth-order valence-electron chi connectivity index (χ4n) is 4.83. The quantitative estimate of drug-likeness (QED) is 0.363. The molecule has 0 atom stereocenters. The van der Waals surface area contributed by atoms with E-state index in [9.17, 15) is 31.1 Å². The minimum absolute atomic E-state index is 0.00640. The molecule has 224 valence electrons. The van der Waals surface area contributed by atoms with E-state index in [-0.39, 0.29) is 54.3 Å². The number of aromatic nitrogens is 2. The molecule has 3 heterocycles. The van der Waals surface area contributed by atoms with E-state index in [0.717, 1.165) is 0 Å². The number of para-hydroxylation sites is 1. The van der Waals surface area contributed by atoms with Crippen LogP contribution >= 0.6 is 0 Å². The molecule has 0 aliphatic carbocycles. The van der Waals surface area contributed by atoms with Crippen LogP contribution in [0.5, 0.6) is 11.6 Å². The van der Waals surface area contributed by atoms with Crippen LogP contribution in [0.2, 0.25) is 0 Å². The van der Waals surface area contributed by atoms with Crippen LogP contribution in [-0.4, -0.2) is 67.3 Å². The average Bonchev–Trinajstić information content (AvgIpc) is 2.96. The van der Waals surface area contributed by atoms with E-state index in [0.29, 0.717) is 49.7 Å². The van der Waals surface area contributed by atoms with Crippen LogP contribution in [-0.2, 0) is 23.6 Å². The third-order valence-corrected chi connectivity index (χ3v) is 6.85. The molecule has 1 fully saturated rings. The van der Waals surface area contributed by atoms with Crippen molar-refractivity contribution >= 4 is 11.9 Å². The number of benzene rings is 2. The zero-order chi connectivity index (χ0) is 30.1. The lowest BCUT2D eigenvalue weighted by molar-refractivity contribution is -0.143. The fraction of sp³-hybridized carbons (Fsp3) is 0.393. The van der Waals surface area contributed by atoms with Gasteiger partial charge in [0.1, 0.15) is 11.3 Å². The molecule has 1 amide bonds. The molecule has 0 unspecified atom stereocenters. The number of morpholine rings is 1.